The van der Waals surface area contributed by atoms with Crippen LogP contribution in [0.5, 0.6) is 0 Å². The molecule has 1 atom stereocenters. The van der Waals surface area contributed by atoms with E-state index in [-0.39, 0.29) is 17.6 Å². The molecule has 1 aromatic rings. The van der Waals surface area contributed by atoms with Gasteiger partial charge in [0.1, 0.15) is 5.82 Å². The highest BCUT2D eigenvalue weighted by molar-refractivity contribution is 5.76. The quantitative estimate of drug-likeness (QED) is 0.843. The monoisotopic (exact) mass is 252 g/mol. The van der Waals surface area contributed by atoms with E-state index in [0.717, 1.165) is 6.42 Å². The molecule has 0 saturated heterocycles. The first-order valence-corrected chi connectivity index (χ1v) is 6.25. The molecule has 1 aromatic carbocycles. The van der Waals surface area contributed by atoms with Gasteiger partial charge in [-0.2, -0.15) is 0 Å². The zero-order valence-corrected chi connectivity index (χ0v) is 11.0. The van der Waals surface area contributed by atoms with Gasteiger partial charge in [0.2, 0.25) is 5.91 Å². The number of rotatable bonds is 6. The number of hydrogen-bond donors (Lipinski definition) is 1. The molecule has 1 rings (SSSR count). The van der Waals surface area contributed by atoms with Gasteiger partial charge in [0.05, 0.1) is 0 Å². The first-order valence-electron chi connectivity index (χ1n) is 6.25. The van der Waals surface area contributed by atoms with E-state index in [1.165, 1.54) is 6.07 Å². The van der Waals surface area contributed by atoms with Crippen molar-refractivity contribution >= 4 is 5.91 Å². The highest BCUT2D eigenvalue weighted by Crippen LogP contribution is 2.12. The van der Waals surface area contributed by atoms with Crippen LogP contribution >= 0.6 is 0 Å². The molecule has 0 bridgehead atoms. The molecule has 0 aliphatic rings. The minimum atomic E-state index is -0.275. The molecule has 1 amide bonds. The van der Waals surface area contributed by atoms with Crippen LogP contribution in [0.4, 0.5) is 4.39 Å². The van der Waals surface area contributed by atoms with E-state index in [2.05, 4.69) is 0 Å². The fourth-order valence-electron chi connectivity index (χ4n) is 1.77. The van der Waals surface area contributed by atoms with Gasteiger partial charge in [-0.3, -0.25) is 4.79 Å². The van der Waals surface area contributed by atoms with E-state index >= 15 is 0 Å². The summed E-state index contributed by atoms with van der Waals surface area (Å²) >= 11 is 0. The van der Waals surface area contributed by atoms with Crippen LogP contribution in [0.2, 0.25) is 0 Å². The number of hydrogen-bond acceptors (Lipinski definition) is 2. The van der Waals surface area contributed by atoms with Crippen molar-refractivity contribution in [3.63, 3.8) is 0 Å². The van der Waals surface area contributed by atoms with Crippen LogP contribution in [0.1, 0.15) is 25.3 Å². The zero-order chi connectivity index (χ0) is 13.5. The summed E-state index contributed by atoms with van der Waals surface area (Å²) in [5.74, 6) is -0.0564. The summed E-state index contributed by atoms with van der Waals surface area (Å²) in [5.41, 5.74) is 6.11. The molecular weight excluding hydrogens is 231 g/mol. The molecule has 2 N–H and O–H groups in total. The van der Waals surface area contributed by atoms with Gasteiger partial charge in [0.25, 0.3) is 0 Å². The predicted molar refractivity (Wildman–Crippen MR) is 70.3 cm³/mol. The molecule has 0 fully saturated rings. The Morgan fingerprint density at radius 3 is 2.67 bits per heavy atom. The van der Waals surface area contributed by atoms with E-state index in [4.69, 9.17) is 5.73 Å². The van der Waals surface area contributed by atoms with Crippen molar-refractivity contribution in [2.24, 2.45) is 11.7 Å². The van der Waals surface area contributed by atoms with Crippen LogP contribution in [-0.2, 0) is 11.3 Å². The summed E-state index contributed by atoms with van der Waals surface area (Å²) in [5, 5.41) is 0. The molecule has 18 heavy (non-hydrogen) atoms. The SMILES string of the molecule is CCC(CN)CC(=O)N(C)Cc1ccccc1F. The first-order chi connectivity index (χ1) is 8.58. The Labute approximate surface area is 108 Å². The maximum atomic E-state index is 13.5. The number of benzene rings is 1. The average molecular weight is 252 g/mol. The zero-order valence-electron chi connectivity index (χ0n) is 11.0. The lowest BCUT2D eigenvalue weighted by molar-refractivity contribution is -0.131. The van der Waals surface area contributed by atoms with E-state index in [9.17, 15) is 9.18 Å². The summed E-state index contributed by atoms with van der Waals surface area (Å²) in [6.45, 7) is 2.82. The molecular formula is C14H21FN2O. The Balaban J connectivity index is 2.57. The van der Waals surface area contributed by atoms with Gasteiger partial charge in [-0.1, -0.05) is 31.5 Å². The summed E-state index contributed by atoms with van der Waals surface area (Å²) in [4.78, 5) is 13.5. The van der Waals surface area contributed by atoms with Crippen molar-refractivity contribution < 1.29 is 9.18 Å². The Kier molecular flexibility index (Phi) is 5.78. The molecule has 1 unspecified atom stereocenters. The number of carbonyl (C=O) groups excluding carboxylic acids is 1. The third-order valence-corrected chi connectivity index (χ3v) is 3.17. The van der Waals surface area contributed by atoms with Gasteiger partial charge in [-0.15, -0.1) is 0 Å². The van der Waals surface area contributed by atoms with Gasteiger partial charge < -0.3 is 10.6 Å². The molecule has 3 nitrogen and oxygen atoms in total. The van der Waals surface area contributed by atoms with Crippen molar-refractivity contribution in [3.8, 4) is 0 Å². The highest BCUT2D eigenvalue weighted by Gasteiger charge is 2.15. The minimum absolute atomic E-state index is 0.00977. The summed E-state index contributed by atoms with van der Waals surface area (Å²) in [7, 11) is 1.69. The number of halogens is 1. The Morgan fingerprint density at radius 2 is 2.11 bits per heavy atom. The average Bonchev–Trinajstić information content (AvgIpc) is 2.38. The second-order valence-corrected chi connectivity index (χ2v) is 4.56. The number of nitrogens with two attached hydrogens (primary N) is 1. The molecule has 0 aliphatic heterocycles. The van der Waals surface area contributed by atoms with Gasteiger partial charge in [-0.25, -0.2) is 4.39 Å². The fraction of sp³-hybridized carbons (Fsp3) is 0.500. The second-order valence-electron chi connectivity index (χ2n) is 4.56. The largest absolute Gasteiger partial charge is 0.341 e. The lowest BCUT2D eigenvalue weighted by atomic mass is 10.0. The molecule has 0 spiro atoms. The van der Waals surface area contributed by atoms with Gasteiger partial charge in [0.15, 0.2) is 0 Å². The van der Waals surface area contributed by atoms with Crippen molar-refractivity contribution in [3.05, 3.63) is 35.6 Å². The second kappa shape index (κ2) is 7.11. The molecule has 0 saturated carbocycles. The standard InChI is InChI=1S/C14H21FN2O/c1-3-11(9-16)8-14(18)17(2)10-12-6-4-5-7-13(12)15/h4-7,11H,3,8-10,16H2,1-2H3. The normalized spacial score (nSPS) is 12.2. The van der Waals surface area contributed by atoms with Crippen LogP contribution < -0.4 is 5.73 Å². The molecule has 100 valence electrons. The molecule has 0 aliphatic carbocycles. The molecule has 0 radical (unpaired) electrons. The number of carbonyl (C=O) groups is 1. The maximum Gasteiger partial charge on any atom is 0.222 e. The van der Waals surface area contributed by atoms with Gasteiger partial charge >= 0.3 is 0 Å². The lowest BCUT2D eigenvalue weighted by Crippen LogP contribution is -2.30. The van der Waals surface area contributed by atoms with E-state index in [0.29, 0.717) is 25.1 Å². The predicted octanol–water partition coefficient (Wildman–Crippen LogP) is 2.16. The van der Waals surface area contributed by atoms with Crippen LogP contribution in [0.15, 0.2) is 24.3 Å². The Morgan fingerprint density at radius 1 is 1.44 bits per heavy atom. The highest BCUT2D eigenvalue weighted by atomic mass is 19.1. The van der Waals surface area contributed by atoms with Crippen LogP contribution in [0.25, 0.3) is 0 Å². The third-order valence-electron chi connectivity index (χ3n) is 3.17. The third kappa shape index (κ3) is 4.11. The van der Waals surface area contributed by atoms with Crippen LogP contribution in [0.3, 0.4) is 0 Å². The Hall–Kier alpha value is -1.42. The molecule has 0 heterocycles. The van der Waals surface area contributed by atoms with Gasteiger partial charge in [-0.05, 0) is 18.5 Å². The van der Waals surface area contributed by atoms with Crippen molar-refractivity contribution in [2.45, 2.75) is 26.3 Å². The summed E-state index contributed by atoms with van der Waals surface area (Å²) in [6, 6.07) is 6.51. The smallest absolute Gasteiger partial charge is 0.222 e. The topological polar surface area (TPSA) is 46.3 Å². The van der Waals surface area contributed by atoms with Crippen molar-refractivity contribution in [2.75, 3.05) is 13.6 Å². The first kappa shape index (κ1) is 14.6. The molecule has 0 aromatic heterocycles. The number of amides is 1. The minimum Gasteiger partial charge on any atom is -0.341 e. The van der Waals surface area contributed by atoms with Crippen molar-refractivity contribution in [1.82, 2.24) is 4.90 Å². The van der Waals surface area contributed by atoms with Crippen molar-refractivity contribution in [1.29, 1.82) is 0 Å². The fourth-order valence-corrected chi connectivity index (χ4v) is 1.77. The summed E-state index contributed by atoms with van der Waals surface area (Å²) in [6.07, 6.45) is 1.31. The molecule has 4 heteroatoms. The Bertz CT molecular complexity index is 391. The number of nitrogens with zero attached hydrogens (tertiary/aromatic N) is 1. The summed E-state index contributed by atoms with van der Waals surface area (Å²) < 4.78 is 13.5. The van der Waals surface area contributed by atoms with E-state index in [1.54, 1.807) is 30.1 Å². The van der Waals surface area contributed by atoms with Crippen LogP contribution in [-0.4, -0.2) is 24.4 Å². The van der Waals surface area contributed by atoms with E-state index in [1.807, 2.05) is 6.92 Å². The van der Waals surface area contributed by atoms with Gasteiger partial charge in [0, 0.05) is 25.6 Å². The lowest BCUT2D eigenvalue weighted by Gasteiger charge is -2.20. The van der Waals surface area contributed by atoms with Crippen LogP contribution in [0, 0.1) is 11.7 Å². The maximum absolute atomic E-state index is 13.5. The van der Waals surface area contributed by atoms with E-state index < -0.39 is 0 Å².